The minimum atomic E-state index is 0.185. The topological polar surface area (TPSA) is 65.5 Å². The van der Waals surface area contributed by atoms with Crippen molar-refractivity contribution in [3.05, 3.63) is 40.6 Å². The van der Waals surface area contributed by atoms with E-state index in [1.807, 2.05) is 43.1 Å². The van der Waals surface area contributed by atoms with Crippen molar-refractivity contribution in [2.75, 3.05) is 50.1 Å². The Balaban J connectivity index is 1.44. The lowest BCUT2D eigenvalue weighted by Gasteiger charge is -2.36. The van der Waals surface area contributed by atoms with Gasteiger partial charge in [-0.15, -0.1) is 11.3 Å². The van der Waals surface area contributed by atoms with Crippen molar-refractivity contribution in [3.63, 3.8) is 0 Å². The van der Waals surface area contributed by atoms with E-state index in [2.05, 4.69) is 32.0 Å². The van der Waals surface area contributed by atoms with Crippen LogP contribution in [0, 0.1) is 6.92 Å². The molecular formula is C20H24N6OS. The molecule has 0 atom stereocenters. The first-order chi connectivity index (χ1) is 13.5. The molecule has 1 fully saturated rings. The predicted octanol–water partition coefficient (Wildman–Crippen LogP) is 2.35. The molecule has 0 bridgehead atoms. The number of anilines is 2. The average Bonchev–Trinajstić information content (AvgIpc) is 3.11. The van der Waals surface area contributed by atoms with Gasteiger partial charge in [0.1, 0.15) is 12.1 Å². The Kier molecular flexibility index (Phi) is 5.13. The van der Waals surface area contributed by atoms with E-state index in [-0.39, 0.29) is 5.91 Å². The third kappa shape index (κ3) is 3.77. The Morgan fingerprint density at radius 2 is 1.93 bits per heavy atom. The standard InChI is InChI=1S/C20H24N6OS/c1-14-21-12-16(28-14)11-19(27)26-8-6-25(7-9-26)15-4-5-18-17(10-15)20(24(2)3)23-13-22-18/h4-5,10,12-13H,6-9,11H2,1-3H3. The number of carbonyl (C=O) groups is 1. The van der Waals surface area contributed by atoms with Crippen molar-refractivity contribution in [1.29, 1.82) is 0 Å². The number of fused-ring (bicyclic) bond motifs is 1. The Hall–Kier alpha value is -2.74. The van der Waals surface area contributed by atoms with E-state index in [4.69, 9.17) is 0 Å². The van der Waals surface area contributed by atoms with Crippen molar-refractivity contribution < 1.29 is 4.79 Å². The maximum atomic E-state index is 12.6. The van der Waals surface area contributed by atoms with Crippen molar-refractivity contribution in [2.45, 2.75) is 13.3 Å². The molecule has 3 aromatic rings. The van der Waals surface area contributed by atoms with E-state index in [0.29, 0.717) is 6.42 Å². The van der Waals surface area contributed by atoms with Gasteiger partial charge >= 0.3 is 0 Å². The molecule has 0 N–H and O–H groups in total. The van der Waals surface area contributed by atoms with Crippen LogP contribution in [0.3, 0.4) is 0 Å². The highest BCUT2D eigenvalue weighted by atomic mass is 32.1. The first-order valence-electron chi connectivity index (χ1n) is 9.37. The number of benzene rings is 1. The molecule has 0 aliphatic carbocycles. The minimum Gasteiger partial charge on any atom is -0.368 e. The van der Waals surface area contributed by atoms with Gasteiger partial charge in [0.2, 0.25) is 5.91 Å². The summed E-state index contributed by atoms with van der Waals surface area (Å²) in [6, 6.07) is 6.30. The van der Waals surface area contributed by atoms with E-state index in [0.717, 1.165) is 58.5 Å². The van der Waals surface area contributed by atoms with E-state index < -0.39 is 0 Å². The zero-order valence-corrected chi connectivity index (χ0v) is 17.2. The normalized spacial score (nSPS) is 14.5. The van der Waals surface area contributed by atoms with Crippen LogP contribution < -0.4 is 9.80 Å². The summed E-state index contributed by atoms with van der Waals surface area (Å²) in [5.74, 6) is 1.10. The van der Waals surface area contributed by atoms with Gasteiger partial charge in [0.05, 0.1) is 16.9 Å². The molecule has 146 valence electrons. The van der Waals surface area contributed by atoms with Crippen LogP contribution in [0.2, 0.25) is 0 Å². The molecule has 1 aromatic carbocycles. The van der Waals surface area contributed by atoms with Crippen molar-refractivity contribution in [3.8, 4) is 0 Å². The summed E-state index contributed by atoms with van der Waals surface area (Å²) in [5, 5.41) is 2.05. The molecule has 1 amide bonds. The van der Waals surface area contributed by atoms with E-state index >= 15 is 0 Å². The Morgan fingerprint density at radius 3 is 2.61 bits per heavy atom. The lowest BCUT2D eigenvalue weighted by atomic mass is 10.1. The molecule has 0 unspecified atom stereocenters. The maximum absolute atomic E-state index is 12.6. The first-order valence-corrected chi connectivity index (χ1v) is 10.2. The molecule has 8 heteroatoms. The SMILES string of the molecule is Cc1ncc(CC(=O)N2CCN(c3ccc4ncnc(N(C)C)c4c3)CC2)s1. The number of amides is 1. The number of carbonyl (C=O) groups excluding carboxylic acids is 1. The molecule has 4 rings (SSSR count). The summed E-state index contributed by atoms with van der Waals surface area (Å²) >= 11 is 1.60. The molecule has 3 heterocycles. The van der Waals surface area contributed by atoms with Crippen LogP contribution in [0.1, 0.15) is 9.88 Å². The summed E-state index contributed by atoms with van der Waals surface area (Å²) in [6.45, 7) is 5.09. The predicted molar refractivity (Wildman–Crippen MR) is 113 cm³/mol. The zero-order valence-electron chi connectivity index (χ0n) is 16.4. The fraction of sp³-hybridized carbons (Fsp3) is 0.400. The van der Waals surface area contributed by atoms with Crippen molar-refractivity contribution >= 4 is 39.7 Å². The van der Waals surface area contributed by atoms with Crippen LogP contribution in [-0.4, -0.2) is 66.0 Å². The molecule has 0 radical (unpaired) electrons. The number of rotatable bonds is 4. The third-order valence-corrected chi connectivity index (χ3v) is 5.93. The molecule has 7 nitrogen and oxygen atoms in total. The number of hydrogen-bond acceptors (Lipinski definition) is 7. The lowest BCUT2D eigenvalue weighted by molar-refractivity contribution is -0.130. The van der Waals surface area contributed by atoms with Gasteiger partial charge in [-0.3, -0.25) is 4.79 Å². The quantitative estimate of drug-likeness (QED) is 0.675. The van der Waals surface area contributed by atoms with Crippen LogP contribution in [0.15, 0.2) is 30.7 Å². The number of aryl methyl sites for hydroxylation is 1. The van der Waals surface area contributed by atoms with Gasteiger partial charge in [-0.2, -0.15) is 0 Å². The largest absolute Gasteiger partial charge is 0.368 e. The molecule has 0 saturated carbocycles. The third-order valence-electron chi connectivity index (χ3n) is 5.01. The molecule has 0 spiro atoms. The van der Waals surface area contributed by atoms with E-state index in [9.17, 15) is 4.79 Å². The van der Waals surface area contributed by atoms with E-state index in [1.165, 1.54) is 0 Å². The second-order valence-electron chi connectivity index (χ2n) is 7.18. The van der Waals surface area contributed by atoms with E-state index in [1.54, 1.807) is 17.7 Å². The van der Waals surface area contributed by atoms with Gasteiger partial charge in [-0.05, 0) is 25.1 Å². The Bertz CT molecular complexity index is 993. The second-order valence-corrected chi connectivity index (χ2v) is 8.50. The van der Waals surface area contributed by atoms with Crippen LogP contribution in [0.4, 0.5) is 11.5 Å². The van der Waals surface area contributed by atoms with Gasteiger partial charge in [-0.25, -0.2) is 15.0 Å². The summed E-state index contributed by atoms with van der Waals surface area (Å²) < 4.78 is 0. The maximum Gasteiger partial charge on any atom is 0.228 e. The Morgan fingerprint density at radius 1 is 1.14 bits per heavy atom. The molecule has 28 heavy (non-hydrogen) atoms. The highest BCUT2D eigenvalue weighted by molar-refractivity contribution is 7.11. The number of thiazole rings is 1. The second kappa shape index (κ2) is 7.71. The van der Waals surface area contributed by atoms with Gasteiger partial charge in [-0.1, -0.05) is 0 Å². The number of nitrogens with zero attached hydrogens (tertiary/aromatic N) is 6. The van der Waals surface area contributed by atoms with Gasteiger partial charge in [0, 0.05) is 62.4 Å². The number of hydrogen-bond donors (Lipinski definition) is 0. The first kappa shape index (κ1) is 18.6. The molecule has 2 aromatic heterocycles. The zero-order chi connectivity index (χ0) is 19.7. The van der Waals surface area contributed by atoms with Gasteiger partial charge in [0.25, 0.3) is 0 Å². The van der Waals surface area contributed by atoms with Gasteiger partial charge < -0.3 is 14.7 Å². The number of piperazine rings is 1. The van der Waals surface area contributed by atoms with Crippen molar-refractivity contribution in [2.24, 2.45) is 0 Å². The molecule has 1 saturated heterocycles. The average molecular weight is 397 g/mol. The summed E-state index contributed by atoms with van der Waals surface area (Å²) in [7, 11) is 3.98. The fourth-order valence-corrected chi connectivity index (χ4v) is 4.33. The highest BCUT2D eigenvalue weighted by Gasteiger charge is 2.22. The Labute approximate surface area is 168 Å². The van der Waals surface area contributed by atoms with Crippen LogP contribution in [-0.2, 0) is 11.2 Å². The lowest BCUT2D eigenvalue weighted by Crippen LogP contribution is -2.49. The smallest absolute Gasteiger partial charge is 0.228 e. The van der Waals surface area contributed by atoms with Crippen LogP contribution in [0.5, 0.6) is 0 Å². The minimum absolute atomic E-state index is 0.185. The fourth-order valence-electron chi connectivity index (χ4n) is 3.55. The summed E-state index contributed by atoms with van der Waals surface area (Å²) in [6.07, 6.45) is 3.87. The van der Waals surface area contributed by atoms with Crippen LogP contribution in [0.25, 0.3) is 10.9 Å². The summed E-state index contributed by atoms with van der Waals surface area (Å²) in [5.41, 5.74) is 2.09. The van der Waals surface area contributed by atoms with Gasteiger partial charge in [0.15, 0.2) is 0 Å². The van der Waals surface area contributed by atoms with Crippen LogP contribution >= 0.6 is 11.3 Å². The molecule has 1 aliphatic heterocycles. The van der Waals surface area contributed by atoms with Crippen molar-refractivity contribution in [1.82, 2.24) is 19.9 Å². The molecule has 1 aliphatic rings. The monoisotopic (exact) mass is 396 g/mol. The summed E-state index contributed by atoms with van der Waals surface area (Å²) in [4.78, 5) is 32.9. The highest BCUT2D eigenvalue weighted by Crippen LogP contribution is 2.27. The molecular weight excluding hydrogens is 372 g/mol. The number of aromatic nitrogens is 3.